The first-order valence-electron chi connectivity index (χ1n) is 14.6. The van der Waals surface area contributed by atoms with Gasteiger partial charge in [0.05, 0.1) is 30.5 Å². The Morgan fingerprint density at radius 2 is 2.04 bits per heavy atom. The van der Waals surface area contributed by atoms with Crippen molar-refractivity contribution in [1.82, 2.24) is 40.3 Å². The molecule has 0 radical (unpaired) electrons. The van der Waals surface area contributed by atoms with Crippen LogP contribution >= 0.6 is 34.9 Å². The molecule has 2 amide bonds. The third-order valence-corrected chi connectivity index (χ3v) is 9.77. The molecule has 2 aliphatic heterocycles. The zero-order valence-electron chi connectivity index (χ0n) is 25.9. The first-order chi connectivity index (χ1) is 21.4. The van der Waals surface area contributed by atoms with Crippen LogP contribution in [0.25, 0.3) is 0 Å². The maximum absolute atomic E-state index is 13.9. The van der Waals surface area contributed by atoms with Gasteiger partial charge in [-0.3, -0.25) is 19.3 Å². The molecule has 3 atom stereocenters. The SMILES string of the molecule is CCCC(OC(=O)CC(C)C)OC(=O)C1=C(CSc2nnnn2CCN(C)C)C(NC(=O)Cc2csc(N)n2)S[C@@H]2CC(=O)N12. The van der Waals surface area contributed by atoms with Gasteiger partial charge in [-0.15, -0.1) is 28.2 Å². The molecule has 45 heavy (non-hydrogen) atoms. The third kappa shape index (κ3) is 9.40. The quantitative estimate of drug-likeness (QED) is 0.113. The van der Waals surface area contributed by atoms with Crippen molar-refractivity contribution < 1.29 is 28.7 Å². The van der Waals surface area contributed by atoms with Crippen LogP contribution in [0.15, 0.2) is 21.8 Å². The summed E-state index contributed by atoms with van der Waals surface area (Å²) in [4.78, 5) is 60.0. The molecule has 0 bridgehead atoms. The summed E-state index contributed by atoms with van der Waals surface area (Å²) in [6, 6.07) is 0. The number of nitrogens with two attached hydrogens (primary N) is 1. The lowest BCUT2D eigenvalue weighted by molar-refractivity contribution is -0.189. The van der Waals surface area contributed by atoms with Crippen molar-refractivity contribution in [2.45, 2.75) is 81.6 Å². The van der Waals surface area contributed by atoms with Crippen LogP contribution < -0.4 is 11.1 Å². The standard InChI is InChI=1S/C27H39N9O6S3/c1-6-7-22(41-21(39)10-15(2)3)42-25(40)23-17(14-44-27-31-32-33-35(27)9-8-34(4)5)24(45-20-12-19(38)36(20)23)30-18(37)11-16-13-43-26(28)29-16/h13,15,20,22,24H,6-12,14H2,1-5H3,(H2,28,29)(H,30,37)/t20-,22?,24?/m1/s1. The second kappa shape index (κ2) is 15.9. The number of fused-ring (bicyclic) bond motifs is 1. The van der Waals surface area contributed by atoms with E-state index >= 15 is 0 Å². The monoisotopic (exact) mass is 681 g/mol. The molecule has 0 saturated carbocycles. The number of anilines is 1. The molecule has 4 rings (SSSR count). The lowest BCUT2D eigenvalue weighted by atomic mass is 10.1. The zero-order valence-corrected chi connectivity index (χ0v) is 28.4. The van der Waals surface area contributed by atoms with E-state index in [1.54, 1.807) is 10.1 Å². The van der Waals surface area contributed by atoms with Crippen molar-refractivity contribution in [2.75, 3.05) is 32.1 Å². The number of hydrogen-bond acceptors (Lipinski definition) is 15. The van der Waals surface area contributed by atoms with Crippen molar-refractivity contribution in [3.8, 4) is 0 Å². The number of nitrogens with zero attached hydrogens (tertiary/aromatic N) is 7. The molecular formula is C27H39N9O6S3. The molecule has 2 aromatic heterocycles. The van der Waals surface area contributed by atoms with Crippen molar-refractivity contribution in [1.29, 1.82) is 0 Å². The second-order valence-corrected chi connectivity index (χ2v) is 14.3. The fourth-order valence-electron chi connectivity index (χ4n) is 4.50. The predicted molar refractivity (Wildman–Crippen MR) is 169 cm³/mol. The maximum Gasteiger partial charge on any atom is 0.358 e. The summed E-state index contributed by atoms with van der Waals surface area (Å²) in [5.74, 6) is -1.63. The number of esters is 2. The number of carbonyl (C=O) groups is 4. The number of tetrazole rings is 1. The summed E-state index contributed by atoms with van der Waals surface area (Å²) in [5.41, 5.74) is 6.75. The highest BCUT2D eigenvalue weighted by atomic mass is 32.2. The van der Waals surface area contributed by atoms with Crippen LogP contribution in [0, 0.1) is 5.92 Å². The number of thioether (sulfide) groups is 2. The number of nitrogen functional groups attached to an aromatic ring is 1. The highest BCUT2D eigenvalue weighted by molar-refractivity contribution is 8.01. The van der Waals surface area contributed by atoms with E-state index in [-0.39, 0.29) is 60.2 Å². The number of aromatic nitrogens is 5. The first-order valence-corrected chi connectivity index (χ1v) is 17.4. The number of thiazole rings is 1. The number of carbonyl (C=O) groups excluding carboxylic acids is 4. The minimum Gasteiger partial charge on any atom is -0.425 e. The zero-order chi connectivity index (χ0) is 32.7. The van der Waals surface area contributed by atoms with Crippen LogP contribution in [-0.2, 0) is 41.6 Å². The number of β-lactam (4-membered cyclic amide) rings is 1. The maximum atomic E-state index is 13.9. The van der Waals surface area contributed by atoms with E-state index in [1.165, 1.54) is 39.8 Å². The van der Waals surface area contributed by atoms with E-state index in [1.807, 2.05) is 39.8 Å². The Labute approximate surface area is 274 Å². The van der Waals surface area contributed by atoms with Gasteiger partial charge >= 0.3 is 11.9 Å². The van der Waals surface area contributed by atoms with Crippen LogP contribution in [0.2, 0.25) is 0 Å². The molecule has 18 heteroatoms. The lowest BCUT2D eigenvalue weighted by Gasteiger charge is -2.47. The summed E-state index contributed by atoms with van der Waals surface area (Å²) >= 11 is 3.88. The predicted octanol–water partition coefficient (Wildman–Crippen LogP) is 1.87. The highest BCUT2D eigenvalue weighted by Crippen LogP contribution is 2.45. The van der Waals surface area contributed by atoms with Gasteiger partial charge in [0.1, 0.15) is 11.1 Å². The number of nitrogens with one attached hydrogen (secondary N) is 1. The Balaban J connectivity index is 1.64. The smallest absolute Gasteiger partial charge is 0.358 e. The fraction of sp³-hybridized carbons (Fsp3) is 0.630. The average Bonchev–Trinajstić information content (AvgIpc) is 3.57. The summed E-state index contributed by atoms with van der Waals surface area (Å²) in [6.07, 6.45) is 0.114. The Morgan fingerprint density at radius 3 is 2.69 bits per heavy atom. The van der Waals surface area contributed by atoms with Gasteiger partial charge in [0.2, 0.25) is 23.3 Å². The van der Waals surface area contributed by atoms with Crippen LogP contribution in [0.1, 0.15) is 52.1 Å². The number of rotatable bonds is 16. The molecule has 15 nitrogen and oxygen atoms in total. The lowest BCUT2D eigenvalue weighted by Crippen LogP contribution is -2.58. The van der Waals surface area contributed by atoms with Gasteiger partial charge in [-0.25, -0.2) is 14.5 Å². The fourth-order valence-corrected chi connectivity index (χ4v) is 7.58. The summed E-state index contributed by atoms with van der Waals surface area (Å²) < 4.78 is 12.9. The number of ether oxygens (including phenoxy) is 2. The third-order valence-electron chi connectivity index (χ3n) is 6.67. The molecule has 2 aromatic rings. The Bertz CT molecular complexity index is 1410. The van der Waals surface area contributed by atoms with Crippen LogP contribution in [0.5, 0.6) is 0 Å². The molecule has 2 unspecified atom stereocenters. The van der Waals surface area contributed by atoms with Gasteiger partial charge in [-0.05, 0) is 36.9 Å². The summed E-state index contributed by atoms with van der Waals surface area (Å²) in [6.45, 7) is 6.90. The van der Waals surface area contributed by atoms with Gasteiger partial charge in [-0.1, -0.05) is 32.5 Å². The summed E-state index contributed by atoms with van der Waals surface area (Å²) in [7, 11) is 3.89. The molecule has 1 saturated heterocycles. The van der Waals surface area contributed by atoms with E-state index in [9.17, 15) is 19.2 Å². The van der Waals surface area contributed by atoms with Gasteiger partial charge in [0.15, 0.2) is 5.13 Å². The van der Waals surface area contributed by atoms with Gasteiger partial charge < -0.3 is 25.4 Å². The van der Waals surface area contributed by atoms with Gasteiger partial charge in [0.25, 0.3) is 0 Å². The number of amides is 2. The Morgan fingerprint density at radius 1 is 1.27 bits per heavy atom. The van der Waals surface area contributed by atoms with Gasteiger partial charge in [0, 0.05) is 36.1 Å². The molecule has 0 aliphatic carbocycles. The molecule has 0 spiro atoms. The van der Waals surface area contributed by atoms with E-state index in [0.717, 1.165) is 0 Å². The normalized spacial score (nSPS) is 18.6. The Kier molecular flexibility index (Phi) is 12.2. The largest absolute Gasteiger partial charge is 0.425 e. The Hall–Kier alpha value is -3.22. The minimum absolute atomic E-state index is 0.00850. The van der Waals surface area contributed by atoms with E-state index in [2.05, 4.69) is 25.8 Å². The molecular weight excluding hydrogens is 643 g/mol. The number of hydrogen-bond donors (Lipinski definition) is 2. The molecule has 246 valence electrons. The van der Waals surface area contributed by atoms with E-state index in [0.29, 0.717) is 41.1 Å². The van der Waals surface area contributed by atoms with Crippen LogP contribution in [0.4, 0.5) is 5.13 Å². The van der Waals surface area contributed by atoms with Crippen LogP contribution in [0.3, 0.4) is 0 Å². The molecule has 3 N–H and O–H groups in total. The van der Waals surface area contributed by atoms with E-state index in [4.69, 9.17) is 15.2 Å². The first kappa shape index (κ1) is 34.6. The van der Waals surface area contributed by atoms with Crippen molar-refractivity contribution in [3.05, 3.63) is 22.3 Å². The average molecular weight is 682 g/mol. The topological polar surface area (TPSA) is 188 Å². The van der Waals surface area contributed by atoms with Gasteiger partial charge in [-0.2, -0.15) is 0 Å². The molecule has 1 fully saturated rings. The second-order valence-electron chi connectivity index (χ2n) is 11.2. The van der Waals surface area contributed by atoms with E-state index < -0.39 is 23.6 Å². The van der Waals surface area contributed by atoms with Crippen molar-refractivity contribution >= 4 is 63.7 Å². The van der Waals surface area contributed by atoms with Crippen LogP contribution in [-0.4, -0.2) is 102 Å². The highest BCUT2D eigenvalue weighted by Gasteiger charge is 2.49. The molecule has 0 aromatic carbocycles. The molecule has 2 aliphatic rings. The van der Waals surface area contributed by atoms with Crippen molar-refractivity contribution in [2.24, 2.45) is 5.92 Å². The number of likely N-dealkylation sites (N-methyl/N-ethyl adjacent to an activating group) is 1. The minimum atomic E-state index is -1.12. The molecule has 4 heterocycles. The van der Waals surface area contributed by atoms with Crippen molar-refractivity contribution in [3.63, 3.8) is 0 Å². The summed E-state index contributed by atoms with van der Waals surface area (Å²) in [5, 5.41) is 16.6.